The van der Waals surface area contributed by atoms with Crippen molar-refractivity contribution in [3.8, 4) is 0 Å². The van der Waals surface area contributed by atoms with E-state index < -0.39 is 11.6 Å². The van der Waals surface area contributed by atoms with E-state index in [1.807, 2.05) is 0 Å². The van der Waals surface area contributed by atoms with Gasteiger partial charge in [0, 0.05) is 45.2 Å². The topological polar surface area (TPSA) is 62.7 Å². The summed E-state index contributed by atoms with van der Waals surface area (Å²) in [6, 6.07) is 5.12. The molecule has 0 aliphatic carbocycles. The van der Waals surface area contributed by atoms with Gasteiger partial charge in [0.15, 0.2) is 5.67 Å². The molecule has 0 unspecified atom stereocenters. The molecule has 6 nitrogen and oxygen atoms in total. The number of morpholine rings is 1. The molecule has 2 aliphatic rings. The lowest BCUT2D eigenvalue weighted by Gasteiger charge is -2.39. The van der Waals surface area contributed by atoms with Gasteiger partial charge in [0.05, 0.1) is 13.2 Å². The molecule has 1 aromatic heterocycles. The van der Waals surface area contributed by atoms with Crippen molar-refractivity contribution in [2.24, 2.45) is 0 Å². The molecular formula is C16H20FN3O3. The van der Waals surface area contributed by atoms with Crippen LogP contribution in [0.5, 0.6) is 0 Å². The van der Waals surface area contributed by atoms with Gasteiger partial charge in [-0.2, -0.15) is 0 Å². The first-order chi connectivity index (χ1) is 11.1. The van der Waals surface area contributed by atoms with Crippen LogP contribution in [0.4, 0.5) is 4.39 Å². The van der Waals surface area contributed by atoms with Gasteiger partial charge in [0.25, 0.3) is 11.8 Å². The highest BCUT2D eigenvalue weighted by Gasteiger charge is 2.45. The molecule has 0 radical (unpaired) electrons. The van der Waals surface area contributed by atoms with Crippen molar-refractivity contribution in [1.29, 1.82) is 0 Å². The molecule has 0 spiro atoms. The minimum Gasteiger partial charge on any atom is -0.378 e. The molecule has 7 heteroatoms. The Morgan fingerprint density at radius 1 is 1.09 bits per heavy atom. The summed E-state index contributed by atoms with van der Waals surface area (Å²) in [5, 5.41) is 0. The summed E-state index contributed by atoms with van der Waals surface area (Å²) < 4.78 is 20.2. The molecule has 0 N–H and O–H groups in total. The number of nitrogens with zero attached hydrogens (tertiary/aromatic N) is 3. The lowest BCUT2D eigenvalue weighted by Crippen LogP contribution is -2.55. The van der Waals surface area contributed by atoms with Gasteiger partial charge in [-0.3, -0.25) is 14.6 Å². The van der Waals surface area contributed by atoms with Crippen LogP contribution in [0.1, 0.15) is 23.3 Å². The molecule has 3 heterocycles. The standard InChI is InChI=1S/C16H20FN3O3/c17-16(15(22)20-9-11-23-12-10-20)4-7-19(8-5-16)14(21)13-3-1-2-6-18-13/h1-3,6H,4-5,7-12H2. The lowest BCUT2D eigenvalue weighted by atomic mass is 9.91. The summed E-state index contributed by atoms with van der Waals surface area (Å²) in [5.74, 6) is -0.683. The first-order valence-corrected chi connectivity index (χ1v) is 7.86. The summed E-state index contributed by atoms with van der Waals surface area (Å²) in [6.45, 7) is 2.21. The maximum absolute atomic E-state index is 15.0. The number of halogens is 1. The van der Waals surface area contributed by atoms with Gasteiger partial charge in [-0.05, 0) is 12.1 Å². The predicted molar refractivity (Wildman–Crippen MR) is 80.6 cm³/mol. The van der Waals surface area contributed by atoms with Crippen LogP contribution in [0.25, 0.3) is 0 Å². The second-order valence-electron chi connectivity index (χ2n) is 5.88. The molecular weight excluding hydrogens is 301 g/mol. The second kappa shape index (κ2) is 6.62. The molecule has 124 valence electrons. The Morgan fingerprint density at radius 2 is 1.78 bits per heavy atom. The van der Waals surface area contributed by atoms with E-state index in [0.717, 1.165) is 0 Å². The summed E-state index contributed by atoms with van der Waals surface area (Å²) >= 11 is 0. The van der Waals surface area contributed by atoms with E-state index in [9.17, 15) is 9.59 Å². The number of carbonyl (C=O) groups is 2. The molecule has 2 fully saturated rings. The number of alkyl halides is 1. The third-order valence-corrected chi connectivity index (χ3v) is 4.41. The van der Waals surface area contributed by atoms with Crippen LogP contribution < -0.4 is 0 Å². The van der Waals surface area contributed by atoms with Crippen molar-refractivity contribution < 1.29 is 18.7 Å². The fraction of sp³-hybridized carbons (Fsp3) is 0.562. The predicted octanol–water partition coefficient (Wildman–Crippen LogP) is 0.885. The average molecular weight is 321 g/mol. The monoisotopic (exact) mass is 321 g/mol. The largest absolute Gasteiger partial charge is 0.378 e. The van der Waals surface area contributed by atoms with Gasteiger partial charge in [-0.1, -0.05) is 6.07 Å². The SMILES string of the molecule is O=C(c1ccccn1)N1CCC(F)(C(=O)N2CCOCC2)CC1. The van der Waals surface area contributed by atoms with Crippen molar-refractivity contribution in [1.82, 2.24) is 14.8 Å². The molecule has 23 heavy (non-hydrogen) atoms. The maximum atomic E-state index is 15.0. The van der Waals surface area contributed by atoms with E-state index in [0.29, 0.717) is 32.0 Å². The summed E-state index contributed by atoms with van der Waals surface area (Å²) in [4.78, 5) is 31.8. The first-order valence-electron chi connectivity index (χ1n) is 7.86. The van der Waals surface area contributed by atoms with Crippen molar-refractivity contribution in [2.45, 2.75) is 18.5 Å². The Morgan fingerprint density at radius 3 is 2.39 bits per heavy atom. The van der Waals surface area contributed by atoms with Crippen LogP contribution in [0.2, 0.25) is 0 Å². The molecule has 0 bridgehead atoms. The fourth-order valence-electron chi connectivity index (χ4n) is 2.98. The highest BCUT2D eigenvalue weighted by atomic mass is 19.1. The molecule has 0 atom stereocenters. The number of rotatable bonds is 2. The van der Waals surface area contributed by atoms with E-state index in [1.54, 1.807) is 29.3 Å². The van der Waals surface area contributed by atoms with Crippen molar-refractivity contribution in [3.05, 3.63) is 30.1 Å². The number of amides is 2. The third kappa shape index (κ3) is 3.34. The van der Waals surface area contributed by atoms with Crippen molar-refractivity contribution in [2.75, 3.05) is 39.4 Å². The zero-order valence-corrected chi connectivity index (χ0v) is 12.9. The summed E-state index contributed by atoms with van der Waals surface area (Å²) in [5.41, 5.74) is -1.53. The lowest BCUT2D eigenvalue weighted by molar-refractivity contribution is -0.151. The third-order valence-electron chi connectivity index (χ3n) is 4.41. The number of hydrogen-bond donors (Lipinski definition) is 0. The number of pyridine rings is 1. The normalized spacial score (nSPS) is 21.1. The van der Waals surface area contributed by atoms with E-state index >= 15 is 4.39 Å². The number of aromatic nitrogens is 1. The summed E-state index contributed by atoms with van der Waals surface area (Å²) in [6.07, 6.45) is 1.61. The maximum Gasteiger partial charge on any atom is 0.272 e. The van der Waals surface area contributed by atoms with Gasteiger partial charge in [0.1, 0.15) is 5.69 Å². The number of likely N-dealkylation sites (tertiary alicyclic amines) is 1. The van der Waals surface area contributed by atoms with Crippen molar-refractivity contribution >= 4 is 11.8 Å². The zero-order chi connectivity index (χ0) is 16.3. The van der Waals surface area contributed by atoms with Crippen molar-refractivity contribution in [3.63, 3.8) is 0 Å². The van der Waals surface area contributed by atoms with Crippen LogP contribution in [0.3, 0.4) is 0 Å². The Bertz CT molecular complexity index is 567. The van der Waals surface area contributed by atoms with E-state index in [2.05, 4.69) is 4.98 Å². The van der Waals surface area contributed by atoms with Gasteiger partial charge in [0.2, 0.25) is 0 Å². The van der Waals surface area contributed by atoms with Crippen LogP contribution >= 0.6 is 0 Å². The van der Waals surface area contributed by atoms with Crippen LogP contribution in [0.15, 0.2) is 24.4 Å². The highest BCUT2D eigenvalue weighted by molar-refractivity contribution is 5.92. The van der Waals surface area contributed by atoms with E-state index in [-0.39, 0.29) is 31.8 Å². The van der Waals surface area contributed by atoms with Crippen LogP contribution in [-0.2, 0) is 9.53 Å². The quantitative estimate of drug-likeness (QED) is 0.811. The molecule has 2 saturated heterocycles. The molecule has 1 aromatic rings. The number of ether oxygens (including phenoxy) is 1. The Labute approximate surface area is 134 Å². The number of carbonyl (C=O) groups excluding carboxylic acids is 2. The Balaban J connectivity index is 1.61. The zero-order valence-electron chi connectivity index (χ0n) is 12.9. The highest BCUT2D eigenvalue weighted by Crippen LogP contribution is 2.29. The molecule has 0 aromatic carbocycles. The molecule has 2 amide bonds. The first kappa shape index (κ1) is 15.9. The molecule has 0 saturated carbocycles. The van der Waals surface area contributed by atoms with Crippen LogP contribution in [0, 0.1) is 0 Å². The van der Waals surface area contributed by atoms with Gasteiger partial charge >= 0.3 is 0 Å². The van der Waals surface area contributed by atoms with Crippen LogP contribution in [-0.4, -0.2) is 71.7 Å². The second-order valence-corrected chi connectivity index (χ2v) is 5.88. The Hall–Kier alpha value is -2.02. The number of piperidine rings is 1. The van der Waals surface area contributed by atoms with E-state index in [1.165, 1.54) is 4.90 Å². The molecule has 3 rings (SSSR count). The van der Waals surface area contributed by atoms with Gasteiger partial charge in [-0.15, -0.1) is 0 Å². The van der Waals surface area contributed by atoms with E-state index in [4.69, 9.17) is 4.74 Å². The van der Waals surface area contributed by atoms with Gasteiger partial charge in [-0.25, -0.2) is 4.39 Å². The summed E-state index contributed by atoms with van der Waals surface area (Å²) in [7, 11) is 0. The number of hydrogen-bond acceptors (Lipinski definition) is 4. The minimum atomic E-state index is -1.88. The fourth-order valence-corrected chi connectivity index (χ4v) is 2.98. The Kier molecular flexibility index (Phi) is 4.56. The molecule has 2 aliphatic heterocycles. The van der Waals surface area contributed by atoms with Gasteiger partial charge < -0.3 is 14.5 Å². The minimum absolute atomic E-state index is 0.0295. The smallest absolute Gasteiger partial charge is 0.272 e. The average Bonchev–Trinajstić information content (AvgIpc) is 2.62.